The third-order valence-electron chi connectivity index (χ3n) is 4.25. The fraction of sp³-hybridized carbons (Fsp3) is 0.438. The summed E-state index contributed by atoms with van der Waals surface area (Å²) in [5.41, 5.74) is 2.28. The summed E-state index contributed by atoms with van der Waals surface area (Å²) in [5, 5.41) is 4.16. The van der Waals surface area contributed by atoms with Crippen molar-refractivity contribution in [1.82, 2.24) is 5.16 Å². The van der Waals surface area contributed by atoms with Crippen LogP contribution in [0.1, 0.15) is 43.1 Å². The first-order chi connectivity index (χ1) is 10.4. The van der Waals surface area contributed by atoms with E-state index in [1.807, 2.05) is 0 Å². The van der Waals surface area contributed by atoms with E-state index in [2.05, 4.69) is 5.16 Å². The highest BCUT2D eigenvalue weighted by Gasteiger charge is 2.26. The van der Waals surface area contributed by atoms with Crippen LogP contribution in [0.5, 0.6) is 0 Å². The molecule has 6 heteroatoms. The molecule has 1 fully saturated rings. The Labute approximate surface area is 129 Å². The minimum Gasteiger partial charge on any atom is -0.361 e. The van der Waals surface area contributed by atoms with Crippen LogP contribution in [-0.2, 0) is 9.84 Å². The van der Waals surface area contributed by atoms with Gasteiger partial charge in [0.25, 0.3) is 0 Å². The molecule has 22 heavy (non-hydrogen) atoms. The van der Waals surface area contributed by atoms with Crippen molar-refractivity contribution in [2.45, 2.75) is 43.4 Å². The molecule has 0 atom stereocenters. The van der Waals surface area contributed by atoms with Crippen LogP contribution in [0, 0.1) is 12.7 Å². The summed E-state index contributed by atoms with van der Waals surface area (Å²) >= 11 is 0. The summed E-state index contributed by atoms with van der Waals surface area (Å²) in [6.07, 6.45) is 5.44. The van der Waals surface area contributed by atoms with Gasteiger partial charge in [0.15, 0.2) is 9.84 Å². The van der Waals surface area contributed by atoms with Gasteiger partial charge in [-0.2, -0.15) is 0 Å². The van der Waals surface area contributed by atoms with Gasteiger partial charge in [-0.3, -0.25) is 0 Å². The van der Waals surface area contributed by atoms with E-state index in [-0.39, 0.29) is 4.90 Å². The van der Waals surface area contributed by atoms with E-state index < -0.39 is 15.7 Å². The molecule has 0 aliphatic heterocycles. The molecule has 1 heterocycles. The molecule has 0 bridgehead atoms. The topological polar surface area (TPSA) is 60.2 Å². The molecule has 2 aromatic rings. The van der Waals surface area contributed by atoms with Gasteiger partial charge in [-0.25, -0.2) is 12.8 Å². The van der Waals surface area contributed by atoms with Crippen molar-refractivity contribution in [1.29, 1.82) is 0 Å². The number of aryl methyl sites for hydroxylation is 1. The van der Waals surface area contributed by atoms with Crippen LogP contribution >= 0.6 is 0 Å². The third-order valence-corrected chi connectivity index (χ3v) is 5.38. The van der Waals surface area contributed by atoms with Crippen LogP contribution in [0.2, 0.25) is 0 Å². The number of sulfone groups is 1. The predicted octanol–water partition coefficient (Wildman–Crippen LogP) is 3.85. The van der Waals surface area contributed by atoms with Crippen molar-refractivity contribution in [2.24, 2.45) is 0 Å². The molecule has 0 saturated heterocycles. The van der Waals surface area contributed by atoms with Gasteiger partial charge < -0.3 is 4.52 Å². The minimum absolute atomic E-state index is 0.284. The Kier molecular flexibility index (Phi) is 3.80. The molecule has 118 valence electrons. The molecule has 1 aromatic carbocycles. The number of hydrogen-bond acceptors (Lipinski definition) is 4. The van der Waals surface area contributed by atoms with E-state index in [9.17, 15) is 12.8 Å². The predicted molar refractivity (Wildman–Crippen MR) is 81.0 cm³/mol. The summed E-state index contributed by atoms with van der Waals surface area (Å²) in [6, 6.07) is 4.19. The Morgan fingerprint density at radius 1 is 1.27 bits per heavy atom. The van der Waals surface area contributed by atoms with Gasteiger partial charge in [-0.1, -0.05) is 24.1 Å². The van der Waals surface area contributed by atoms with E-state index >= 15 is 0 Å². The lowest BCUT2D eigenvalue weighted by molar-refractivity contribution is 0.385. The highest BCUT2D eigenvalue weighted by atomic mass is 32.2. The third kappa shape index (κ3) is 2.67. The normalized spacial score (nSPS) is 16.3. The van der Waals surface area contributed by atoms with E-state index in [0.717, 1.165) is 43.2 Å². The van der Waals surface area contributed by atoms with Crippen molar-refractivity contribution < 1.29 is 17.3 Å². The largest absolute Gasteiger partial charge is 0.361 e. The number of rotatable bonds is 3. The second kappa shape index (κ2) is 5.50. The average Bonchev–Trinajstić information content (AvgIpc) is 3.05. The second-order valence-corrected chi connectivity index (χ2v) is 7.88. The Balaban J connectivity index is 2.08. The highest BCUT2D eigenvalue weighted by molar-refractivity contribution is 7.90. The van der Waals surface area contributed by atoms with Crippen LogP contribution in [0.25, 0.3) is 11.1 Å². The monoisotopic (exact) mass is 323 g/mol. The molecule has 0 N–H and O–H groups in total. The van der Waals surface area contributed by atoms with Crippen molar-refractivity contribution >= 4 is 9.84 Å². The molecular weight excluding hydrogens is 305 g/mol. The van der Waals surface area contributed by atoms with Crippen LogP contribution in [-0.4, -0.2) is 19.8 Å². The lowest BCUT2D eigenvalue weighted by Gasteiger charge is -2.09. The summed E-state index contributed by atoms with van der Waals surface area (Å²) in [7, 11) is -3.57. The Bertz CT molecular complexity index is 805. The first kappa shape index (κ1) is 15.2. The quantitative estimate of drug-likeness (QED) is 0.861. The van der Waals surface area contributed by atoms with E-state index in [1.165, 1.54) is 12.1 Å². The SMILES string of the molecule is Cc1onc(C2CCCC2)c1-c1ccc(S(C)(=O)=O)c(F)c1. The summed E-state index contributed by atoms with van der Waals surface area (Å²) in [4.78, 5) is -0.284. The summed E-state index contributed by atoms with van der Waals surface area (Å²) in [6.45, 7) is 1.79. The maximum Gasteiger partial charge on any atom is 0.178 e. The molecule has 3 rings (SSSR count). The highest BCUT2D eigenvalue weighted by Crippen LogP contribution is 2.40. The van der Waals surface area contributed by atoms with Gasteiger partial charge in [0.05, 0.1) is 5.69 Å². The minimum atomic E-state index is -3.57. The summed E-state index contributed by atoms with van der Waals surface area (Å²) < 4.78 is 42.5. The van der Waals surface area contributed by atoms with Gasteiger partial charge in [-0.05, 0) is 37.5 Å². The smallest absolute Gasteiger partial charge is 0.178 e. The lowest BCUT2D eigenvalue weighted by atomic mass is 9.94. The number of benzene rings is 1. The maximum absolute atomic E-state index is 14.1. The fourth-order valence-corrected chi connectivity index (χ4v) is 3.90. The zero-order chi connectivity index (χ0) is 15.9. The molecule has 1 aromatic heterocycles. The van der Waals surface area contributed by atoms with Gasteiger partial charge in [0.1, 0.15) is 16.5 Å². The molecule has 1 aliphatic rings. The standard InChI is InChI=1S/C16H18FNO3S/c1-10-15(16(18-21-10)11-5-3-4-6-11)12-7-8-14(13(17)9-12)22(2,19)20/h7-9,11H,3-6H2,1-2H3. The number of aromatic nitrogens is 1. The van der Waals surface area contributed by atoms with E-state index in [4.69, 9.17) is 4.52 Å². The molecule has 0 unspecified atom stereocenters. The van der Waals surface area contributed by atoms with Crippen LogP contribution in [0.3, 0.4) is 0 Å². The van der Waals surface area contributed by atoms with Gasteiger partial charge in [-0.15, -0.1) is 0 Å². The number of halogens is 1. The van der Waals surface area contributed by atoms with E-state index in [1.54, 1.807) is 13.0 Å². The van der Waals surface area contributed by atoms with Crippen molar-refractivity contribution in [3.8, 4) is 11.1 Å². The average molecular weight is 323 g/mol. The number of nitrogens with zero attached hydrogens (tertiary/aromatic N) is 1. The summed E-state index contributed by atoms with van der Waals surface area (Å²) in [5.74, 6) is 0.233. The molecule has 0 amide bonds. The first-order valence-electron chi connectivity index (χ1n) is 7.34. The van der Waals surface area contributed by atoms with Crippen molar-refractivity contribution in [2.75, 3.05) is 6.26 Å². The molecule has 1 aliphatic carbocycles. The Morgan fingerprint density at radius 2 is 1.95 bits per heavy atom. The van der Waals surface area contributed by atoms with Crippen LogP contribution in [0.4, 0.5) is 4.39 Å². The maximum atomic E-state index is 14.1. The fourth-order valence-electron chi connectivity index (χ4n) is 3.18. The zero-order valence-electron chi connectivity index (χ0n) is 12.6. The van der Waals surface area contributed by atoms with Crippen molar-refractivity contribution in [3.05, 3.63) is 35.5 Å². The molecular formula is C16H18FNO3S. The zero-order valence-corrected chi connectivity index (χ0v) is 13.4. The van der Waals surface area contributed by atoms with Crippen LogP contribution < -0.4 is 0 Å². The molecule has 4 nitrogen and oxygen atoms in total. The molecule has 1 saturated carbocycles. The van der Waals surface area contributed by atoms with Gasteiger partial charge in [0.2, 0.25) is 0 Å². The molecule has 0 spiro atoms. The number of hydrogen-bond donors (Lipinski definition) is 0. The Hall–Kier alpha value is -1.69. The van der Waals surface area contributed by atoms with Gasteiger partial charge >= 0.3 is 0 Å². The first-order valence-corrected chi connectivity index (χ1v) is 9.23. The molecule has 0 radical (unpaired) electrons. The van der Waals surface area contributed by atoms with Crippen LogP contribution in [0.15, 0.2) is 27.6 Å². The lowest BCUT2D eigenvalue weighted by Crippen LogP contribution is -2.01. The Morgan fingerprint density at radius 3 is 2.55 bits per heavy atom. The van der Waals surface area contributed by atoms with Gasteiger partial charge in [0, 0.05) is 17.7 Å². The van der Waals surface area contributed by atoms with Crippen molar-refractivity contribution in [3.63, 3.8) is 0 Å². The second-order valence-electron chi connectivity index (χ2n) is 5.90. The van der Waals surface area contributed by atoms with E-state index in [0.29, 0.717) is 17.2 Å².